The summed E-state index contributed by atoms with van der Waals surface area (Å²) in [5, 5.41) is 12.0. The fourth-order valence-corrected chi connectivity index (χ4v) is 4.94. The maximum atomic E-state index is 13.0. The largest absolute Gasteiger partial charge is 0.493 e. The van der Waals surface area contributed by atoms with E-state index < -0.39 is 17.7 Å². The minimum atomic E-state index is -1.48. The van der Waals surface area contributed by atoms with Crippen LogP contribution in [0.15, 0.2) is 23.8 Å². The fourth-order valence-electron chi connectivity index (χ4n) is 4.94. The molecule has 0 radical (unpaired) electrons. The van der Waals surface area contributed by atoms with E-state index in [4.69, 9.17) is 33.2 Å². The lowest BCUT2D eigenvalue weighted by Gasteiger charge is -2.41. The van der Waals surface area contributed by atoms with Crippen LogP contribution in [0.2, 0.25) is 0 Å². The van der Waals surface area contributed by atoms with Gasteiger partial charge in [-0.15, -0.1) is 0 Å². The minimum absolute atomic E-state index is 0.0562. The number of rotatable bonds is 6. The van der Waals surface area contributed by atoms with Crippen LogP contribution >= 0.6 is 0 Å². The van der Waals surface area contributed by atoms with Gasteiger partial charge in [0.1, 0.15) is 5.60 Å². The van der Waals surface area contributed by atoms with Gasteiger partial charge in [0.15, 0.2) is 29.1 Å². The number of hydrogen-bond donors (Lipinski definition) is 1. The van der Waals surface area contributed by atoms with Crippen molar-refractivity contribution in [2.24, 2.45) is 5.92 Å². The van der Waals surface area contributed by atoms with Gasteiger partial charge < -0.3 is 38.3 Å². The van der Waals surface area contributed by atoms with Crippen LogP contribution in [0, 0.1) is 5.92 Å². The summed E-state index contributed by atoms with van der Waals surface area (Å²) in [7, 11) is 6.08. The van der Waals surface area contributed by atoms with Crippen molar-refractivity contribution in [3.63, 3.8) is 0 Å². The molecule has 4 rings (SSSR count). The van der Waals surface area contributed by atoms with E-state index in [0.717, 1.165) is 5.56 Å². The van der Waals surface area contributed by atoms with Gasteiger partial charge in [-0.2, -0.15) is 0 Å². The molecule has 3 atom stereocenters. The molecular formula is C28H34O9. The highest BCUT2D eigenvalue weighted by Gasteiger charge is 2.47. The molecule has 1 aliphatic carbocycles. The quantitative estimate of drug-likeness (QED) is 0.437. The van der Waals surface area contributed by atoms with Gasteiger partial charge in [-0.1, -0.05) is 13.0 Å². The molecule has 0 amide bonds. The van der Waals surface area contributed by atoms with E-state index in [2.05, 4.69) is 0 Å². The molecule has 2 aromatic carbocycles. The highest BCUT2D eigenvalue weighted by Crippen LogP contribution is 2.59. The SMILES string of the molecule is CC=C(C)C(=O)O[C@H]1c2cc(OC)c(OC)c(OC)c2-c2c(cc3c(c2OC)OCO3)CC(C)[C@]1(C)O. The molecule has 0 bridgehead atoms. The second kappa shape index (κ2) is 10.0. The van der Waals surface area contributed by atoms with Gasteiger partial charge in [0, 0.05) is 22.3 Å². The van der Waals surface area contributed by atoms with Gasteiger partial charge in [0.2, 0.25) is 18.3 Å². The lowest BCUT2D eigenvalue weighted by atomic mass is 9.73. The van der Waals surface area contributed by atoms with E-state index in [1.54, 1.807) is 40.0 Å². The zero-order valence-corrected chi connectivity index (χ0v) is 22.5. The van der Waals surface area contributed by atoms with Gasteiger partial charge in [-0.25, -0.2) is 4.79 Å². The second-order valence-corrected chi connectivity index (χ2v) is 9.38. The van der Waals surface area contributed by atoms with E-state index in [0.29, 0.717) is 63.2 Å². The zero-order valence-electron chi connectivity index (χ0n) is 22.5. The Morgan fingerprint density at radius 3 is 2.30 bits per heavy atom. The van der Waals surface area contributed by atoms with Crippen LogP contribution in [0.4, 0.5) is 0 Å². The summed E-state index contributed by atoms with van der Waals surface area (Å²) < 4.78 is 40.6. The third-order valence-electron chi connectivity index (χ3n) is 7.33. The second-order valence-electron chi connectivity index (χ2n) is 9.38. The summed E-state index contributed by atoms with van der Waals surface area (Å²) in [5.41, 5.74) is 1.46. The third-order valence-corrected chi connectivity index (χ3v) is 7.33. The Kier molecular flexibility index (Phi) is 7.19. The van der Waals surface area contributed by atoms with Crippen LogP contribution in [0.5, 0.6) is 34.5 Å². The third kappa shape index (κ3) is 4.21. The first-order valence-electron chi connectivity index (χ1n) is 12.0. The van der Waals surface area contributed by atoms with Crippen molar-refractivity contribution in [2.75, 3.05) is 35.2 Å². The van der Waals surface area contributed by atoms with Crippen molar-refractivity contribution >= 4 is 5.97 Å². The van der Waals surface area contributed by atoms with Gasteiger partial charge >= 0.3 is 5.97 Å². The summed E-state index contributed by atoms with van der Waals surface area (Å²) in [5.74, 6) is 1.60. The van der Waals surface area contributed by atoms with Crippen LogP contribution in [0.1, 0.15) is 44.9 Å². The smallest absolute Gasteiger partial charge is 0.334 e. The summed E-state index contributed by atoms with van der Waals surface area (Å²) in [4.78, 5) is 13.0. The van der Waals surface area contributed by atoms with Crippen LogP contribution in [-0.2, 0) is 16.0 Å². The molecule has 200 valence electrons. The lowest BCUT2D eigenvalue weighted by Crippen LogP contribution is -2.44. The molecule has 9 nitrogen and oxygen atoms in total. The van der Waals surface area contributed by atoms with Crippen molar-refractivity contribution in [3.8, 4) is 45.6 Å². The molecule has 0 fully saturated rings. The van der Waals surface area contributed by atoms with Gasteiger partial charge in [-0.05, 0) is 50.8 Å². The summed E-state index contributed by atoms with van der Waals surface area (Å²) in [6.45, 7) is 7.05. The van der Waals surface area contributed by atoms with Crippen molar-refractivity contribution in [1.82, 2.24) is 0 Å². The summed E-state index contributed by atoms with van der Waals surface area (Å²) in [6.07, 6.45) is 0.998. The van der Waals surface area contributed by atoms with Gasteiger partial charge in [0.25, 0.3) is 0 Å². The molecule has 0 aromatic heterocycles. The number of allylic oxidation sites excluding steroid dienone is 1. The molecule has 2 aromatic rings. The lowest BCUT2D eigenvalue weighted by molar-refractivity contribution is -0.166. The van der Waals surface area contributed by atoms with Crippen molar-refractivity contribution in [3.05, 3.63) is 34.9 Å². The number of carbonyl (C=O) groups is 1. The van der Waals surface area contributed by atoms with Crippen LogP contribution in [0.3, 0.4) is 0 Å². The van der Waals surface area contributed by atoms with Crippen molar-refractivity contribution in [2.45, 2.75) is 45.8 Å². The summed E-state index contributed by atoms with van der Waals surface area (Å²) >= 11 is 0. The number of carbonyl (C=O) groups excluding carboxylic acids is 1. The first-order chi connectivity index (χ1) is 17.6. The number of esters is 1. The zero-order chi connectivity index (χ0) is 27.1. The highest BCUT2D eigenvalue weighted by atomic mass is 16.7. The molecule has 1 N–H and O–H groups in total. The Morgan fingerprint density at radius 1 is 1.03 bits per heavy atom. The van der Waals surface area contributed by atoms with Crippen LogP contribution in [0.25, 0.3) is 11.1 Å². The van der Waals surface area contributed by atoms with Crippen LogP contribution in [-0.4, -0.2) is 51.9 Å². The van der Waals surface area contributed by atoms with E-state index in [-0.39, 0.29) is 12.7 Å². The van der Waals surface area contributed by atoms with Crippen LogP contribution < -0.4 is 28.4 Å². The fraction of sp³-hybridized carbons (Fsp3) is 0.464. The Morgan fingerprint density at radius 2 is 1.70 bits per heavy atom. The predicted octanol–water partition coefficient (Wildman–Crippen LogP) is 4.61. The molecule has 0 saturated heterocycles. The predicted molar refractivity (Wildman–Crippen MR) is 136 cm³/mol. The van der Waals surface area contributed by atoms with Crippen molar-refractivity contribution in [1.29, 1.82) is 0 Å². The molecule has 1 unspecified atom stereocenters. The standard InChI is InChI=1S/C28H34O9/c1-9-14(2)27(29)37-26-17-12-18(31-5)22(32-6)25(34-8)21(17)20-16(10-15(3)28(26,4)30)11-19-23(24(20)33-7)36-13-35-19/h9,11-12,15,26,30H,10,13H2,1-8H3/t15?,26-,28-/m0/s1. The highest BCUT2D eigenvalue weighted by molar-refractivity contribution is 5.90. The number of hydrogen-bond acceptors (Lipinski definition) is 9. The number of benzene rings is 2. The molecule has 2 aliphatic rings. The monoisotopic (exact) mass is 514 g/mol. The first kappa shape index (κ1) is 26.5. The number of fused-ring (bicyclic) bond motifs is 4. The molecule has 37 heavy (non-hydrogen) atoms. The Bertz CT molecular complexity index is 1250. The van der Waals surface area contributed by atoms with Crippen molar-refractivity contribution < 1.29 is 43.1 Å². The normalized spacial score (nSPS) is 22.2. The molecule has 0 saturated carbocycles. The Labute approximate surface area is 216 Å². The van der Waals surface area contributed by atoms with E-state index in [1.165, 1.54) is 21.3 Å². The molecule has 1 heterocycles. The average Bonchev–Trinajstić information content (AvgIpc) is 3.36. The van der Waals surface area contributed by atoms with Gasteiger partial charge in [-0.3, -0.25) is 0 Å². The maximum absolute atomic E-state index is 13.0. The average molecular weight is 515 g/mol. The van der Waals surface area contributed by atoms with E-state index >= 15 is 0 Å². The molecule has 1 aliphatic heterocycles. The maximum Gasteiger partial charge on any atom is 0.334 e. The first-order valence-corrected chi connectivity index (χ1v) is 12.0. The molecule has 0 spiro atoms. The summed E-state index contributed by atoms with van der Waals surface area (Å²) in [6, 6.07) is 3.60. The van der Waals surface area contributed by atoms with E-state index in [1.807, 2.05) is 13.0 Å². The molecular weight excluding hydrogens is 480 g/mol. The Hall–Kier alpha value is -3.59. The minimum Gasteiger partial charge on any atom is -0.493 e. The number of ether oxygens (including phenoxy) is 7. The number of methoxy groups -OCH3 is 4. The molecule has 9 heteroatoms. The van der Waals surface area contributed by atoms with E-state index in [9.17, 15) is 9.90 Å². The van der Waals surface area contributed by atoms with Gasteiger partial charge in [0.05, 0.1) is 28.4 Å². The topological polar surface area (TPSA) is 102 Å². The number of aliphatic hydroxyl groups is 1. The Balaban J connectivity index is 2.17.